The zero-order chi connectivity index (χ0) is 12.7. The molecule has 0 saturated carbocycles. The number of nitrogens with one attached hydrogen (secondary N) is 2. The van der Waals surface area contributed by atoms with E-state index in [4.69, 9.17) is 11.6 Å². The highest BCUT2D eigenvalue weighted by molar-refractivity contribution is 6.32. The van der Waals surface area contributed by atoms with E-state index in [9.17, 15) is 0 Å². The maximum absolute atomic E-state index is 6.16. The SMILES string of the molecule is Cc1c(Cl)ccc2c(C3CN(C)CCN3)c[nH]c12. The second-order valence-electron chi connectivity index (χ2n) is 5.11. The molecule has 1 atom stereocenters. The standard InChI is InChI=1S/C14H18ClN3/c1-9-12(15)4-3-10-11(7-17-14(9)10)13-8-18(2)6-5-16-13/h3-4,7,13,16-17H,5-6,8H2,1-2H3. The van der Waals surface area contributed by atoms with Crippen molar-refractivity contribution < 1.29 is 0 Å². The summed E-state index contributed by atoms with van der Waals surface area (Å²) in [5.41, 5.74) is 3.63. The lowest BCUT2D eigenvalue weighted by Gasteiger charge is -2.30. The van der Waals surface area contributed by atoms with Crippen LogP contribution in [0.5, 0.6) is 0 Å². The van der Waals surface area contributed by atoms with Gasteiger partial charge in [-0.1, -0.05) is 17.7 Å². The van der Waals surface area contributed by atoms with Crippen LogP contribution in [0.25, 0.3) is 10.9 Å². The first-order chi connectivity index (χ1) is 8.66. The number of fused-ring (bicyclic) bond motifs is 1. The van der Waals surface area contributed by atoms with Crippen molar-refractivity contribution >= 4 is 22.5 Å². The molecule has 3 nitrogen and oxygen atoms in total. The van der Waals surface area contributed by atoms with E-state index in [1.165, 1.54) is 10.9 Å². The molecule has 0 bridgehead atoms. The Morgan fingerprint density at radius 2 is 2.22 bits per heavy atom. The van der Waals surface area contributed by atoms with Crippen LogP contribution in [0.2, 0.25) is 5.02 Å². The Bertz CT molecular complexity index is 576. The summed E-state index contributed by atoms with van der Waals surface area (Å²) in [6, 6.07) is 4.51. The van der Waals surface area contributed by atoms with Gasteiger partial charge in [0, 0.05) is 42.3 Å². The van der Waals surface area contributed by atoms with Gasteiger partial charge in [0.2, 0.25) is 0 Å². The molecule has 96 valence electrons. The highest BCUT2D eigenvalue weighted by Crippen LogP contribution is 2.30. The van der Waals surface area contributed by atoms with Gasteiger partial charge in [-0.2, -0.15) is 0 Å². The molecule has 0 amide bonds. The molecule has 0 aliphatic carbocycles. The van der Waals surface area contributed by atoms with Crippen LogP contribution in [0.15, 0.2) is 18.3 Å². The predicted octanol–water partition coefficient (Wildman–Crippen LogP) is 2.71. The lowest BCUT2D eigenvalue weighted by molar-refractivity contribution is 0.241. The number of H-pyrrole nitrogens is 1. The Kier molecular flexibility index (Phi) is 3.06. The number of aryl methyl sites for hydroxylation is 1. The molecule has 4 heteroatoms. The molecule has 1 saturated heterocycles. The van der Waals surface area contributed by atoms with E-state index in [2.05, 4.69) is 41.4 Å². The largest absolute Gasteiger partial charge is 0.361 e. The fraction of sp³-hybridized carbons (Fsp3) is 0.429. The molecule has 18 heavy (non-hydrogen) atoms. The molecular formula is C14H18ClN3. The Morgan fingerprint density at radius 3 is 3.00 bits per heavy atom. The fourth-order valence-corrected chi connectivity index (χ4v) is 2.89. The maximum atomic E-state index is 6.16. The zero-order valence-electron chi connectivity index (χ0n) is 10.8. The average Bonchev–Trinajstić information content (AvgIpc) is 2.78. The third kappa shape index (κ3) is 1.92. The van der Waals surface area contributed by atoms with E-state index in [1.54, 1.807) is 0 Å². The molecule has 2 aromatic rings. The van der Waals surface area contributed by atoms with Crippen molar-refractivity contribution in [2.24, 2.45) is 0 Å². The minimum atomic E-state index is 0.401. The normalized spacial score (nSPS) is 21.6. The van der Waals surface area contributed by atoms with Gasteiger partial charge in [0.15, 0.2) is 0 Å². The van der Waals surface area contributed by atoms with Crippen molar-refractivity contribution in [3.63, 3.8) is 0 Å². The van der Waals surface area contributed by atoms with E-state index in [0.717, 1.165) is 35.7 Å². The van der Waals surface area contributed by atoms with Crippen LogP contribution in [0.4, 0.5) is 0 Å². The Hall–Kier alpha value is -1.03. The number of nitrogens with zero attached hydrogens (tertiary/aromatic N) is 1. The molecule has 1 aliphatic rings. The van der Waals surface area contributed by atoms with Crippen molar-refractivity contribution in [2.45, 2.75) is 13.0 Å². The molecule has 1 fully saturated rings. The van der Waals surface area contributed by atoms with Crippen molar-refractivity contribution in [3.05, 3.63) is 34.5 Å². The third-order valence-electron chi connectivity index (χ3n) is 3.84. The summed E-state index contributed by atoms with van der Waals surface area (Å²) in [7, 11) is 2.17. The van der Waals surface area contributed by atoms with Gasteiger partial charge in [0.1, 0.15) is 0 Å². The maximum Gasteiger partial charge on any atom is 0.0502 e. The van der Waals surface area contributed by atoms with E-state index in [1.807, 2.05) is 6.07 Å². The lowest BCUT2D eigenvalue weighted by Crippen LogP contribution is -2.43. The van der Waals surface area contributed by atoms with Gasteiger partial charge < -0.3 is 15.2 Å². The second-order valence-corrected chi connectivity index (χ2v) is 5.52. The topological polar surface area (TPSA) is 31.1 Å². The number of hydrogen-bond donors (Lipinski definition) is 2. The third-order valence-corrected chi connectivity index (χ3v) is 4.25. The number of aromatic nitrogens is 1. The number of piperazine rings is 1. The predicted molar refractivity (Wildman–Crippen MR) is 76.3 cm³/mol. The number of likely N-dealkylation sites (N-methyl/N-ethyl adjacent to an activating group) is 1. The molecule has 1 aromatic carbocycles. The minimum Gasteiger partial charge on any atom is -0.361 e. The minimum absolute atomic E-state index is 0.401. The first kappa shape index (κ1) is 12.0. The average molecular weight is 264 g/mol. The summed E-state index contributed by atoms with van der Waals surface area (Å²) >= 11 is 6.16. The van der Waals surface area contributed by atoms with Gasteiger partial charge >= 0.3 is 0 Å². The summed E-state index contributed by atoms with van der Waals surface area (Å²) in [5, 5.41) is 5.69. The van der Waals surface area contributed by atoms with E-state index in [0.29, 0.717) is 6.04 Å². The molecule has 0 spiro atoms. The van der Waals surface area contributed by atoms with Gasteiger partial charge in [-0.05, 0) is 31.2 Å². The molecule has 2 heterocycles. The highest BCUT2D eigenvalue weighted by atomic mass is 35.5. The van der Waals surface area contributed by atoms with Crippen LogP contribution in [-0.4, -0.2) is 36.6 Å². The van der Waals surface area contributed by atoms with Crippen molar-refractivity contribution in [1.29, 1.82) is 0 Å². The molecule has 1 aliphatic heterocycles. The Labute approximate surface area is 112 Å². The highest BCUT2D eigenvalue weighted by Gasteiger charge is 2.21. The quantitative estimate of drug-likeness (QED) is 0.829. The molecule has 1 aromatic heterocycles. The van der Waals surface area contributed by atoms with E-state index >= 15 is 0 Å². The molecule has 0 radical (unpaired) electrons. The second kappa shape index (κ2) is 4.57. The monoisotopic (exact) mass is 263 g/mol. The number of hydrogen-bond acceptors (Lipinski definition) is 2. The van der Waals surface area contributed by atoms with Crippen LogP contribution in [0, 0.1) is 6.92 Å². The van der Waals surface area contributed by atoms with Crippen LogP contribution >= 0.6 is 11.6 Å². The number of halogens is 1. The van der Waals surface area contributed by atoms with Crippen molar-refractivity contribution in [3.8, 4) is 0 Å². The molecule has 2 N–H and O–H groups in total. The molecule has 1 unspecified atom stereocenters. The van der Waals surface area contributed by atoms with Gasteiger partial charge in [-0.15, -0.1) is 0 Å². The van der Waals surface area contributed by atoms with E-state index < -0.39 is 0 Å². The van der Waals surface area contributed by atoms with Crippen molar-refractivity contribution in [1.82, 2.24) is 15.2 Å². The van der Waals surface area contributed by atoms with Crippen LogP contribution in [0.3, 0.4) is 0 Å². The smallest absolute Gasteiger partial charge is 0.0502 e. The summed E-state index contributed by atoms with van der Waals surface area (Å²) in [5.74, 6) is 0. The molecule has 3 rings (SSSR count). The Balaban J connectivity index is 2.05. The van der Waals surface area contributed by atoms with Crippen LogP contribution in [0.1, 0.15) is 17.2 Å². The number of aromatic amines is 1. The first-order valence-corrected chi connectivity index (χ1v) is 6.72. The first-order valence-electron chi connectivity index (χ1n) is 6.35. The van der Waals surface area contributed by atoms with Crippen molar-refractivity contribution in [2.75, 3.05) is 26.7 Å². The number of benzene rings is 1. The van der Waals surface area contributed by atoms with Crippen LogP contribution in [-0.2, 0) is 0 Å². The summed E-state index contributed by atoms with van der Waals surface area (Å²) in [6.07, 6.45) is 2.12. The number of rotatable bonds is 1. The summed E-state index contributed by atoms with van der Waals surface area (Å²) in [6.45, 7) is 5.27. The van der Waals surface area contributed by atoms with E-state index in [-0.39, 0.29) is 0 Å². The summed E-state index contributed by atoms with van der Waals surface area (Å²) < 4.78 is 0. The van der Waals surface area contributed by atoms with Crippen LogP contribution < -0.4 is 5.32 Å². The molecular weight excluding hydrogens is 246 g/mol. The zero-order valence-corrected chi connectivity index (χ0v) is 11.5. The fourth-order valence-electron chi connectivity index (χ4n) is 2.73. The Morgan fingerprint density at radius 1 is 1.39 bits per heavy atom. The summed E-state index contributed by atoms with van der Waals surface area (Å²) in [4.78, 5) is 5.73. The van der Waals surface area contributed by atoms with Gasteiger partial charge in [-0.3, -0.25) is 0 Å². The van der Waals surface area contributed by atoms with Gasteiger partial charge in [0.05, 0.1) is 5.52 Å². The van der Waals surface area contributed by atoms with Gasteiger partial charge in [-0.25, -0.2) is 0 Å². The van der Waals surface area contributed by atoms with Gasteiger partial charge in [0.25, 0.3) is 0 Å². The lowest BCUT2D eigenvalue weighted by atomic mass is 10.0.